The highest BCUT2D eigenvalue weighted by molar-refractivity contribution is 6.11. The molecule has 11 aromatic rings. The van der Waals surface area contributed by atoms with E-state index in [1.165, 1.54) is 71.2 Å². The molecule has 0 spiro atoms. The number of allylic oxidation sites excluding steroid dienone is 2. The van der Waals surface area contributed by atoms with E-state index in [0.717, 1.165) is 39.6 Å². The van der Waals surface area contributed by atoms with Crippen LogP contribution in [0.5, 0.6) is 5.75 Å². The lowest BCUT2D eigenvalue weighted by molar-refractivity contribution is 0.268. The Labute approximate surface area is 378 Å². The second-order valence-electron chi connectivity index (χ2n) is 17.2. The van der Waals surface area contributed by atoms with Gasteiger partial charge in [-0.05, 0) is 122 Å². The molecule has 0 N–H and O–H groups in total. The van der Waals surface area contributed by atoms with Gasteiger partial charge in [-0.3, -0.25) is 0 Å². The molecule has 2 aliphatic rings. The Morgan fingerprint density at radius 2 is 0.892 bits per heavy atom. The van der Waals surface area contributed by atoms with Crippen LogP contribution >= 0.6 is 0 Å². The fourth-order valence-electron chi connectivity index (χ4n) is 10.4. The maximum Gasteiger partial charge on any atom is 0.148 e. The lowest BCUT2D eigenvalue weighted by Crippen LogP contribution is -2.15. The van der Waals surface area contributed by atoms with E-state index < -0.39 is 0 Å². The van der Waals surface area contributed by atoms with Crippen molar-refractivity contribution in [3.05, 3.63) is 248 Å². The molecule has 2 heterocycles. The first-order valence-corrected chi connectivity index (χ1v) is 22.5. The van der Waals surface area contributed by atoms with Crippen LogP contribution in [0, 0.1) is 0 Å². The summed E-state index contributed by atoms with van der Waals surface area (Å²) in [5.41, 5.74) is 15.1. The average Bonchev–Trinajstić information content (AvgIpc) is 3.93. The summed E-state index contributed by atoms with van der Waals surface area (Å²) in [7, 11) is 0. The van der Waals surface area contributed by atoms with E-state index in [9.17, 15) is 0 Å². The van der Waals surface area contributed by atoms with Gasteiger partial charge >= 0.3 is 0 Å². The zero-order valence-electron chi connectivity index (χ0n) is 35.6. The van der Waals surface area contributed by atoms with Crippen molar-refractivity contribution in [1.29, 1.82) is 0 Å². The summed E-state index contributed by atoms with van der Waals surface area (Å²) in [6, 6.07) is 79.6. The molecule has 10 aromatic carbocycles. The molecule has 2 unspecified atom stereocenters. The number of para-hydroxylation sites is 2. The fraction of sp³-hybridized carbons (Fsp3) is 0.0323. The SMILES string of the molecule is C1=CC2Oc3c(cccc3-n3c4ccccc4c4cc(-c5ccc(N(c6ccc(-c7cccc8ccccc78)cc6)c6ccc(-c7cccc8ccccc78)cc6)cc5)ccc43)C2C=C1. The Hall–Kier alpha value is -8.40. The quantitative estimate of drug-likeness (QED) is 0.159. The second kappa shape index (κ2) is 15.1. The van der Waals surface area contributed by atoms with Crippen molar-refractivity contribution in [2.45, 2.75) is 12.0 Å². The van der Waals surface area contributed by atoms with E-state index in [0.29, 0.717) is 0 Å². The van der Waals surface area contributed by atoms with E-state index in [-0.39, 0.29) is 12.0 Å². The summed E-state index contributed by atoms with van der Waals surface area (Å²) < 4.78 is 9.06. The van der Waals surface area contributed by atoms with E-state index >= 15 is 0 Å². The maximum atomic E-state index is 6.67. The zero-order chi connectivity index (χ0) is 42.8. The molecule has 0 fully saturated rings. The largest absolute Gasteiger partial charge is 0.483 e. The van der Waals surface area contributed by atoms with Gasteiger partial charge < -0.3 is 14.2 Å². The molecule has 3 nitrogen and oxygen atoms in total. The van der Waals surface area contributed by atoms with Crippen molar-refractivity contribution in [1.82, 2.24) is 4.57 Å². The van der Waals surface area contributed by atoms with Gasteiger partial charge in [-0.25, -0.2) is 0 Å². The monoisotopic (exact) mass is 830 g/mol. The molecule has 0 radical (unpaired) electrons. The highest BCUT2D eigenvalue weighted by Crippen LogP contribution is 2.47. The molecule has 0 saturated heterocycles. The zero-order valence-corrected chi connectivity index (χ0v) is 35.6. The number of aromatic nitrogens is 1. The number of rotatable bonds is 7. The summed E-state index contributed by atoms with van der Waals surface area (Å²) in [5.74, 6) is 1.20. The van der Waals surface area contributed by atoms with Gasteiger partial charge in [-0.15, -0.1) is 0 Å². The van der Waals surface area contributed by atoms with Gasteiger partial charge in [-0.2, -0.15) is 0 Å². The molecule has 2 atom stereocenters. The highest BCUT2D eigenvalue weighted by atomic mass is 16.5. The van der Waals surface area contributed by atoms with Crippen LogP contribution in [0.3, 0.4) is 0 Å². The van der Waals surface area contributed by atoms with Crippen LogP contribution < -0.4 is 9.64 Å². The molecule has 306 valence electrons. The predicted molar refractivity (Wildman–Crippen MR) is 272 cm³/mol. The average molecular weight is 831 g/mol. The minimum atomic E-state index is 0.0264. The highest BCUT2D eigenvalue weighted by Gasteiger charge is 2.34. The molecule has 1 aliphatic heterocycles. The first-order chi connectivity index (χ1) is 32.2. The molecule has 3 heteroatoms. The summed E-state index contributed by atoms with van der Waals surface area (Å²) in [6.07, 6.45) is 8.68. The third-order valence-corrected chi connectivity index (χ3v) is 13.5. The molecule has 65 heavy (non-hydrogen) atoms. The Morgan fingerprint density at radius 1 is 0.385 bits per heavy atom. The van der Waals surface area contributed by atoms with E-state index in [4.69, 9.17) is 4.74 Å². The molecule has 13 rings (SSSR count). The van der Waals surface area contributed by atoms with E-state index in [2.05, 4.69) is 252 Å². The molecule has 0 saturated carbocycles. The minimum Gasteiger partial charge on any atom is -0.483 e. The molecule has 1 aliphatic carbocycles. The van der Waals surface area contributed by atoms with Crippen LogP contribution in [0.4, 0.5) is 17.1 Å². The van der Waals surface area contributed by atoms with Crippen molar-refractivity contribution in [2.75, 3.05) is 4.90 Å². The van der Waals surface area contributed by atoms with E-state index in [1.54, 1.807) is 0 Å². The molecular weight excluding hydrogens is 789 g/mol. The van der Waals surface area contributed by atoms with Gasteiger partial charge in [0.15, 0.2) is 0 Å². The molecular formula is C62H42N2O. The summed E-state index contributed by atoms with van der Waals surface area (Å²) in [5, 5.41) is 7.44. The third kappa shape index (κ3) is 6.19. The standard InChI is InChI=1S/C62H42N2O/c1-3-16-50-42(12-1)14-9-20-52(50)44-28-35-48(36-29-44)63(49-37-30-45(31-38-49)53-21-10-15-43-13-2-4-17-51(43)53)47-33-26-41(27-34-47)46-32-39-59-57(40-46)54-18-5-7-23-58(54)64(59)60-24-11-22-56-55-19-6-8-25-61(55)65-62(56)60/h1-40,55,61H. The van der Waals surface area contributed by atoms with Crippen LogP contribution in [-0.4, -0.2) is 10.7 Å². The Balaban J connectivity index is 0.886. The number of hydrogen-bond acceptors (Lipinski definition) is 2. The smallest absolute Gasteiger partial charge is 0.148 e. The summed E-state index contributed by atoms with van der Waals surface area (Å²) in [6.45, 7) is 0. The van der Waals surface area contributed by atoms with Crippen molar-refractivity contribution >= 4 is 60.4 Å². The minimum absolute atomic E-state index is 0.0264. The summed E-state index contributed by atoms with van der Waals surface area (Å²) in [4.78, 5) is 2.36. The predicted octanol–water partition coefficient (Wildman–Crippen LogP) is 16.5. The number of hydrogen-bond donors (Lipinski definition) is 0. The normalized spacial score (nSPS) is 15.1. The van der Waals surface area contributed by atoms with Gasteiger partial charge in [0.1, 0.15) is 11.9 Å². The fourth-order valence-corrected chi connectivity index (χ4v) is 10.4. The first kappa shape index (κ1) is 37.2. The lowest BCUT2D eigenvalue weighted by atomic mass is 9.92. The maximum absolute atomic E-state index is 6.67. The van der Waals surface area contributed by atoms with Gasteiger partial charge in [0, 0.05) is 39.3 Å². The van der Waals surface area contributed by atoms with E-state index in [1.807, 2.05) is 0 Å². The van der Waals surface area contributed by atoms with Crippen LogP contribution in [0.15, 0.2) is 243 Å². The van der Waals surface area contributed by atoms with Gasteiger partial charge in [0.05, 0.1) is 16.7 Å². The topological polar surface area (TPSA) is 17.4 Å². The Morgan fingerprint density at radius 3 is 1.54 bits per heavy atom. The Bertz CT molecular complexity index is 3550. The molecule has 1 aromatic heterocycles. The first-order valence-electron chi connectivity index (χ1n) is 22.5. The van der Waals surface area contributed by atoms with Crippen molar-refractivity contribution in [2.24, 2.45) is 0 Å². The van der Waals surface area contributed by atoms with Crippen molar-refractivity contribution < 1.29 is 4.74 Å². The molecule has 0 amide bonds. The number of anilines is 3. The van der Waals surface area contributed by atoms with Gasteiger partial charge in [0.2, 0.25) is 0 Å². The number of benzene rings is 10. The Kier molecular flexibility index (Phi) is 8.67. The summed E-state index contributed by atoms with van der Waals surface area (Å²) >= 11 is 0. The van der Waals surface area contributed by atoms with Gasteiger partial charge in [0.25, 0.3) is 0 Å². The second-order valence-corrected chi connectivity index (χ2v) is 17.2. The molecule has 0 bridgehead atoms. The third-order valence-electron chi connectivity index (χ3n) is 13.5. The number of fused-ring (bicyclic) bond motifs is 8. The van der Waals surface area contributed by atoms with Gasteiger partial charge in [-0.1, -0.05) is 176 Å². The van der Waals surface area contributed by atoms with Crippen LogP contribution in [0.2, 0.25) is 0 Å². The van der Waals surface area contributed by atoms with Crippen molar-refractivity contribution in [3.63, 3.8) is 0 Å². The van der Waals surface area contributed by atoms with Crippen molar-refractivity contribution in [3.8, 4) is 44.8 Å². The lowest BCUT2D eigenvalue weighted by Gasteiger charge is -2.26. The van der Waals surface area contributed by atoms with Crippen LogP contribution in [0.25, 0.3) is 82.4 Å². The van der Waals surface area contributed by atoms with Crippen LogP contribution in [-0.2, 0) is 0 Å². The number of nitrogens with zero attached hydrogens (tertiary/aromatic N) is 2. The van der Waals surface area contributed by atoms with Crippen LogP contribution in [0.1, 0.15) is 11.5 Å². The number of ether oxygens (including phenoxy) is 1.